The normalized spacial score (nSPS) is 16.3. The number of aliphatic hydroxyl groups excluding tert-OH is 1. The first kappa shape index (κ1) is 10.7. The van der Waals surface area contributed by atoms with Crippen molar-refractivity contribution in [3.05, 3.63) is 12.2 Å². The maximum atomic E-state index is 9.40. The highest BCUT2D eigenvalue weighted by molar-refractivity contribution is 4.96. The molecule has 0 rings (SSSR count). The van der Waals surface area contributed by atoms with Crippen molar-refractivity contribution in [1.29, 1.82) is 0 Å². The van der Waals surface area contributed by atoms with Gasteiger partial charge in [0.1, 0.15) is 0 Å². The minimum absolute atomic E-state index is 0.176. The van der Waals surface area contributed by atoms with Gasteiger partial charge >= 0.3 is 0 Å². The third-order valence-corrected chi connectivity index (χ3v) is 1.48. The van der Waals surface area contributed by atoms with Gasteiger partial charge in [-0.25, -0.2) is 0 Å². The van der Waals surface area contributed by atoms with Crippen LogP contribution in [0.15, 0.2) is 12.2 Å². The van der Waals surface area contributed by atoms with Crippen LogP contribution in [-0.4, -0.2) is 11.2 Å². The molecule has 0 heterocycles. The van der Waals surface area contributed by atoms with E-state index in [2.05, 4.69) is 26.8 Å². The molecule has 0 spiro atoms. The van der Waals surface area contributed by atoms with Crippen LogP contribution in [-0.2, 0) is 0 Å². The molecule has 11 heavy (non-hydrogen) atoms. The van der Waals surface area contributed by atoms with Crippen molar-refractivity contribution in [2.75, 3.05) is 0 Å². The van der Waals surface area contributed by atoms with Gasteiger partial charge in [-0.2, -0.15) is 0 Å². The number of hydrogen-bond donors (Lipinski definition) is 1. The predicted octanol–water partition coefficient (Wildman–Crippen LogP) is 2.61. The first-order valence-electron chi connectivity index (χ1n) is 4.20. The fraction of sp³-hybridized carbons (Fsp3) is 0.800. The Morgan fingerprint density at radius 1 is 1.18 bits per heavy atom. The molecule has 0 bridgehead atoms. The molecule has 0 aliphatic heterocycles. The van der Waals surface area contributed by atoms with Gasteiger partial charge in [0.25, 0.3) is 0 Å². The van der Waals surface area contributed by atoms with Gasteiger partial charge in [-0.1, -0.05) is 46.8 Å². The van der Waals surface area contributed by atoms with Crippen LogP contribution in [0.25, 0.3) is 0 Å². The maximum Gasteiger partial charge on any atom is 0.0743 e. The molecule has 0 saturated carbocycles. The molecule has 0 radical (unpaired) electrons. The first-order chi connectivity index (χ1) is 4.83. The molecule has 0 aromatic heterocycles. The molecule has 0 aromatic carbocycles. The third kappa shape index (κ3) is 6.11. The Kier molecular flexibility index (Phi) is 3.81. The van der Waals surface area contributed by atoms with Crippen LogP contribution in [0, 0.1) is 11.3 Å². The third-order valence-electron chi connectivity index (χ3n) is 1.48. The van der Waals surface area contributed by atoms with Gasteiger partial charge in [-0.3, -0.25) is 0 Å². The summed E-state index contributed by atoms with van der Waals surface area (Å²) < 4.78 is 0. The van der Waals surface area contributed by atoms with E-state index in [1.54, 1.807) is 0 Å². The predicted molar refractivity (Wildman–Crippen MR) is 49.4 cm³/mol. The molecule has 0 aromatic rings. The molecule has 66 valence electrons. The Bertz CT molecular complexity index is 128. The van der Waals surface area contributed by atoms with Gasteiger partial charge < -0.3 is 5.11 Å². The summed E-state index contributed by atoms with van der Waals surface area (Å²) in [5.74, 6) is 0.314. The SMILES string of the molecule is CC(C)C(O)C=CC(C)(C)C. The lowest BCUT2D eigenvalue weighted by Gasteiger charge is -2.14. The van der Waals surface area contributed by atoms with Crippen LogP contribution in [0.2, 0.25) is 0 Å². The fourth-order valence-corrected chi connectivity index (χ4v) is 0.609. The van der Waals surface area contributed by atoms with Gasteiger partial charge in [0.05, 0.1) is 6.10 Å². The van der Waals surface area contributed by atoms with Crippen molar-refractivity contribution in [3.63, 3.8) is 0 Å². The zero-order valence-corrected chi connectivity index (χ0v) is 8.26. The Balaban J connectivity index is 3.93. The van der Waals surface area contributed by atoms with Crippen LogP contribution >= 0.6 is 0 Å². The van der Waals surface area contributed by atoms with Crippen molar-refractivity contribution < 1.29 is 5.11 Å². The van der Waals surface area contributed by atoms with Gasteiger partial charge in [0.15, 0.2) is 0 Å². The smallest absolute Gasteiger partial charge is 0.0743 e. The topological polar surface area (TPSA) is 20.2 Å². The van der Waals surface area contributed by atoms with Gasteiger partial charge in [0.2, 0.25) is 0 Å². The minimum atomic E-state index is -0.297. The van der Waals surface area contributed by atoms with E-state index in [0.717, 1.165) is 0 Å². The van der Waals surface area contributed by atoms with E-state index in [1.165, 1.54) is 0 Å². The summed E-state index contributed by atoms with van der Waals surface area (Å²) in [6.45, 7) is 10.4. The number of hydrogen-bond acceptors (Lipinski definition) is 1. The zero-order valence-electron chi connectivity index (χ0n) is 8.26. The molecular formula is C10H20O. The first-order valence-corrected chi connectivity index (χ1v) is 4.20. The fourth-order valence-electron chi connectivity index (χ4n) is 0.609. The standard InChI is InChI=1S/C10H20O/c1-8(2)9(11)6-7-10(3,4)5/h6-9,11H,1-5H3. The second-order valence-electron chi connectivity index (χ2n) is 4.46. The summed E-state index contributed by atoms with van der Waals surface area (Å²) in [6.07, 6.45) is 3.64. The summed E-state index contributed by atoms with van der Waals surface area (Å²) in [6, 6.07) is 0. The minimum Gasteiger partial charge on any atom is -0.389 e. The molecule has 0 aliphatic rings. The van der Waals surface area contributed by atoms with E-state index in [9.17, 15) is 5.11 Å². The van der Waals surface area contributed by atoms with E-state index in [1.807, 2.05) is 19.9 Å². The highest BCUT2D eigenvalue weighted by Crippen LogP contribution is 2.16. The molecule has 0 amide bonds. The Labute approximate surface area is 70.1 Å². The molecule has 1 atom stereocenters. The van der Waals surface area contributed by atoms with E-state index in [0.29, 0.717) is 5.92 Å². The van der Waals surface area contributed by atoms with Crippen LogP contribution in [0.1, 0.15) is 34.6 Å². The maximum absolute atomic E-state index is 9.40. The van der Waals surface area contributed by atoms with E-state index < -0.39 is 0 Å². The van der Waals surface area contributed by atoms with Crippen molar-refractivity contribution in [2.45, 2.75) is 40.7 Å². The lowest BCUT2D eigenvalue weighted by atomic mass is 9.94. The second-order valence-corrected chi connectivity index (χ2v) is 4.46. The quantitative estimate of drug-likeness (QED) is 0.609. The summed E-state index contributed by atoms with van der Waals surface area (Å²) in [5, 5.41) is 9.40. The van der Waals surface area contributed by atoms with Gasteiger partial charge in [-0.05, 0) is 11.3 Å². The van der Waals surface area contributed by atoms with Crippen LogP contribution in [0.5, 0.6) is 0 Å². The molecular weight excluding hydrogens is 136 g/mol. The number of allylic oxidation sites excluding steroid dienone is 1. The summed E-state index contributed by atoms with van der Waals surface area (Å²) in [4.78, 5) is 0. The molecule has 1 nitrogen and oxygen atoms in total. The van der Waals surface area contributed by atoms with Crippen molar-refractivity contribution >= 4 is 0 Å². The lowest BCUT2D eigenvalue weighted by Crippen LogP contribution is -2.12. The second kappa shape index (κ2) is 3.91. The van der Waals surface area contributed by atoms with Gasteiger partial charge in [0, 0.05) is 0 Å². The number of rotatable bonds is 2. The molecule has 0 fully saturated rings. The van der Waals surface area contributed by atoms with Crippen LogP contribution in [0.3, 0.4) is 0 Å². The summed E-state index contributed by atoms with van der Waals surface area (Å²) in [5.41, 5.74) is 0.176. The van der Waals surface area contributed by atoms with Crippen molar-refractivity contribution in [3.8, 4) is 0 Å². The average molecular weight is 156 g/mol. The zero-order chi connectivity index (χ0) is 9.07. The molecule has 1 unspecified atom stereocenters. The average Bonchev–Trinajstić information content (AvgIpc) is 1.80. The van der Waals surface area contributed by atoms with Crippen LogP contribution < -0.4 is 0 Å². The molecule has 1 N–H and O–H groups in total. The summed E-state index contributed by atoms with van der Waals surface area (Å²) in [7, 11) is 0. The molecule has 0 aliphatic carbocycles. The molecule has 1 heteroatoms. The highest BCUT2D eigenvalue weighted by Gasteiger charge is 2.08. The highest BCUT2D eigenvalue weighted by atomic mass is 16.3. The Morgan fingerprint density at radius 2 is 1.64 bits per heavy atom. The lowest BCUT2D eigenvalue weighted by molar-refractivity contribution is 0.171. The Hall–Kier alpha value is -0.300. The van der Waals surface area contributed by atoms with E-state index in [4.69, 9.17) is 0 Å². The van der Waals surface area contributed by atoms with E-state index in [-0.39, 0.29) is 11.5 Å². The molecule has 0 saturated heterocycles. The Morgan fingerprint density at radius 3 is 1.91 bits per heavy atom. The van der Waals surface area contributed by atoms with E-state index >= 15 is 0 Å². The largest absolute Gasteiger partial charge is 0.389 e. The van der Waals surface area contributed by atoms with Gasteiger partial charge in [-0.15, -0.1) is 0 Å². The number of aliphatic hydroxyl groups is 1. The van der Waals surface area contributed by atoms with Crippen molar-refractivity contribution in [2.24, 2.45) is 11.3 Å². The van der Waals surface area contributed by atoms with Crippen molar-refractivity contribution in [1.82, 2.24) is 0 Å². The monoisotopic (exact) mass is 156 g/mol. The van der Waals surface area contributed by atoms with Crippen LogP contribution in [0.4, 0.5) is 0 Å². The summed E-state index contributed by atoms with van der Waals surface area (Å²) >= 11 is 0.